The van der Waals surface area contributed by atoms with E-state index in [9.17, 15) is 34.2 Å². The number of hydrogen-bond acceptors (Lipinski definition) is 8. The highest BCUT2D eigenvalue weighted by Gasteiger charge is 2.40. The standard InChI is InChI=1S/C31H38N4O8/c1-20(29(40)41)33-27(38)25(18-22-13-9-6-10-14-22)35(26(37)19-23(36)15-16-32)28(39)24(17-21-11-7-5-8-12-21)34-30(42)43-31(2,3)4/h5-14,20,23-25,36H,15,17-19H2,1-4H3,(H,33,38)(H,34,42)(H,40,41)/t20-,23-,24-,25-/m1/s1. The molecule has 0 fully saturated rings. The van der Waals surface area contributed by atoms with Crippen LogP contribution in [0.3, 0.4) is 0 Å². The van der Waals surface area contributed by atoms with Crippen molar-refractivity contribution >= 4 is 29.8 Å². The molecule has 0 saturated heterocycles. The molecule has 0 aliphatic carbocycles. The first-order valence-corrected chi connectivity index (χ1v) is 13.7. The van der Waals surface area contributed by atoms with Gasteiger partial charge in [0.05, 0.1) is 25.0 Å². The number of carbonyl (C=O) groups is 5. The summed E-state index contributed by atoms with van der Waals surface area (Å²) in [6.45, 7) is 6.14. The lowest BCUT2D eigenvalue weighted by atomic mass is 9.99. The molecule has 0 aliphatic rings. The Kier molecular flexibility index (Phi) is 12.8. The van der Waals surface area contributed by atoms with Gasteiger partial charge in [-0.1, -0.05) is 60.7 Å². The van der Waals surface area contributed by atoms with Gasteiger partial charge in [0, 0.05) is 12.8 Å². The first-order valence-electron chi connectivity index (χ1n) is 13.7. The molecule has 230 valence electrons. The van der Waals surface area contributed by atoms with E-state index in [4.69, 9.17) is 10.00 Å². The summed E-state index contributed by atoms with van der Waals surface area (Å²) in [6.07, 6.45) is -3.77. The quantitative estimate of drug-likeness (QED) is 0.270. The van der Waals surface area contributed by atoms with Crippen molar-refractivity contribution in [2.24, 2.45) is 0 Å². The molecule has 0 spiro atoms. The number of hydrogen-bond donors (Lipinski definition) is 4. The molecule has 4 N–H and O–H groups in total. The zero-order valence-electron chi connectivity index (χ0n) is 24.6. The number of amides is 4. The number of nitrogens with one attached hydrogen (secondary N) is 2. The number of aliphatic hydroxyl groups is 1. The number of alkyl carbamates (subject to hydrolysis) is 1. The molecule has 4 atom stereocenters. The van der Waals surface area contributed by atoms with E-state index in [0.29, 0.717) is 16.0 Å². The minimum atomic E-state index is -1.57. The van der Waals surface area contributed by atoms with Crippen molar-refractivity contribution in [3.05, 3.63) is 71.8 Å². The molecule has 0 aliphatic heterocycles. The third-order valence-corrected chi connectivity index (χ3v) is 6.13. The van der Waals surface area contributed by atoms with Crippen LogP contribution in [0, 0.1) is 11.3 Å². The maximum absolute atomic E-state index is 14.3. The predicted octanol–water partition coefficient (Wildman–Crippen LogP) is 2.34. The van der Waals surface area contributed by atoms with Gasteiger partial charge in [-0.05, 0) is 38.8 Å². The fraction of sp³-hybridized carbons (Fsp3) is 0.419. The Morgan fingerprint density at radius 1 is 0.930 bits per heavy atom. The van der Waals surface area contributed by atoms with Gasteiger partial charge in [0.1, 0.15) is 23.7 Å². The number of nitriles is 1. The smallest absolute Gasteiger partial charge is 0.408 e. The maximum Gasteiger partial charge on any atom is 0.408 e. The SMILES string of the molecule is C[C@@H](NC(=O)[C@@H](Cc1ccccc1)N(C(=O)C[C@H](O)CC#N)C(=O)[C@@H](Cc1ccccc1)NC(=O)OC(C)(C)C)C(=O)O. The van der Waals surface area contributed by atoms with E-state index in [-0.39, 0.29) is 12.8 Å². The molecule has 43 heavy (non-hydrogen) atoms. The van der Waals surface area contributed by atoms with Gasteiger partial charge >= 0.3 is 12.1 Å². The van der Waals surface area contributed by atoms with E-state index in [0.717, 1.165) is 0 Å². The lowest BCUT2D eigenvalue weighted by Crippen LogP contribution is -2.60. The van der Waals surface area contributed by atoms with Gasteiger partial charge in [0.15, 0.2) is 0 Å². The normalized spacial score (nSPS) is 13.8. The van der Waals surface area contributed by atoms with E-state index >= 15 is 0 Å². The van der Waals surface area contributed by atoms with E-state index in [2.05, 4.69) is 10.6 Å². The summed E-state index contributed by atoms with van der Waals surface area (Å²) in [5, 5.41) is 33.5. The number of nitrogens with zero attached hydrogens (tertiary/aromatic N) is 2. The summed E-state index contributed by atoms with van der Waals surface area (Å²) in [7, 11) is 0. The highest BCUT2D eigenvalue weighted by molar-refractivity contribution is 6.03. The Bertz CT molecular complexity index is 1300. The van der Waals surface area contributed by atoms with Crippen molar-refractivity contribution in [3.8, 4) is 6.07 Å². The van der Waals surface area contributed by atoms with Crippen LogP contribution in [-0.2, 0) is 36.8 Å². The van der Waals surface area contributed by atoms with Gasteiger partial charge in [-0.15, -0.1) is 0 Å². The number of imide groups is 1. The third-order valence-electron chi connectivity index (χ3n) is 6.13. The molecule has 0 aromatic heterocycles. The zero-order valence-corrected chi connectivity index (χ0v) is 24.6. The van der Waals surface area contributed by atoms with Crippen molar-refractivity contribution in [2.75, 3.05) is 0 Å². The summed E-state index contributed by atoms with van der Waals surface area (Å²) < 4.78 is 5.35. The van der Waals surface area contributed by atoms with Crippen LogP contribution in [0.1, 0.15) is 51.7 Å². The van der Waals surface area contributed by atoms with Crippen LogP contribution in [0.5, 0.6) is 0 Å². The first-order chi connectivity index (χ1) is 20.2. The van der Waals surface area contributed by atoms with Crippen LogP contribution in [-0.4, -0.2) is 74.7 Å². The largest absolute Gasteiger partial charge is 0.480 e. The van der Waals surface area contributed by atoms with Crippen LogP contribution in [0.15, 0.2) is 60.7 Å². The predicted molar refractivity (Wildman–Crippen MR) is 155 cm³/mol. The average Bonchev–Trinajstić information content (AvgIpc) is 2.92. The lowest BCUT2D eigenvalue weighted by Gasteiger charge is -2.33. The Balaban J connectivity index is 2.63. The van der Waals surface area contributed by atoms with Gasteiger partial charge in [0.25, 0.3) is 5.91 Å². The highest BCUT2D eigenvalue weighted by atomic mass is 16.6. The number of benzene rings is 2. The number of carboxylic acids is 1. The molecule has 12 nitrogen and oxygen atoms in total. The van der Waals surface area contributed by atoms with Crippen molar-refractivity contribution in [1.29, 1.82) is 5.26 Å². The molecule has 2 aromatic carbocycles. The van der Waals surface area contributed by atoms with Gasteiger partial charge < -0.3 is 25.6 Å². The van der Waals surface area contributed by atoms with Crippen molar-refractivity contribution in [2.45, 2.75) is 83.2 Å². The Hall–Kier alpha value is -4.76. The van der Waals surface area contributed by atoms with Gasteiger partial charge in [-0.2, -0.15) is 5.26 Å². The van der Waals surface area contributed by atoms with E-state index in [1.165, 1.54) is 6.92 Å². The number of ether oxygens (including phenoxy) is 1. The zero-order chi connectivity index (χ0) is 32.2. The molecule has 0 radical (unpaired) electrons. The maximum atomic E-state index is 14.3. The second kappa shape index (κ2) is 16.0. The molecule has 0 saturated carbocycles. The molecular formula is C31H38N4O8. The molecule has 0 bridgehead atoms. The molecule has 2 rings (SSSR count). The number of rotatable bonds is 13. The van der Waals surface area contributed by atoms with Gasteiger partial charge in [-0.3, -0.25) is 24.1 Å². The van der Waals surface area contributed by atoms with Crippen LogP contribution >= 0.6 is 0 Å². The summed E-state index contributed by atoms with van der Waals surface area (Å²) in [5.74, 6) is -4.25. The Labute approximate surface area is 250 Å². The van der Waals surface area contributed by atoms with Crippen LogP contribution < -0.4 is 10.6 Å². The third kappa shape index (κ3) is 11.6. The lowest BCUT2D eigenvalue weighted by molar-refractivity contribution is -0.154. The van der Waals surface area contributed by atoms with Crippen molar-refractivity contribution in [3.63, 3.8) is 0 Å². The molecule has 0 heterocycles. The van der Waals surface area contributed by atoms with Crippen LogP contribution in [0.4, 0.5) is 4.79 Å². The van der Waals surface area contributed by atoms with Crippen molar-refractivity contribution in [1.82, 2.24) is 15.5 Å². The summed E-state index contributed by atoms with van der Waals surface area (Å²) >= 11 is 0. The molecule has 2 aromatic rings. The number of carboxylic acid groups (broad SMARTS) is 1. The minimum absolute atomic E-state index is 0.0886. The second-order valence-corrected chi connectivity index (χ2v) is 11.0. The molecular weight excluding hydrogens is 556 g/mol. The molecule has 0 unspecified atom stereocenters. The second-order valence-electron chi connectivity index (χ2n) is 11.0. The number of aliphatic hydroxyl groups excluding tert-OH is 1. The number of carbonyl (C=O) groups excluding carboxylic acids is 4. The van der Waals surface area contributed by atoms with Crippen LogP contribution in [0.2, 0.25) is 0 Å². The van der Waals surface area contributed by atoms with E-state index in [1.807, 2.05) is 0 Å². The topological polar surface area (TPSA) is 186 Å². The average molecular weight is 595 g/mol. The Morgan fingerprint density at radius 3 is 1.95 bits per heavy atom. The summed E-state index contributed by atoms with van der Waals surface area (Å²) in [6, 6.07) is 14.5. The van der Waals surface area contributed by atoms with Gasteiger partial charge in [0.2, 0.25) is 11.8 Å². The summed E-state index contributed by atoms with van der Waals surface area (Å²) in [4.78, 5) is 66.5. The summed E-state index contributed by atoms with van der Waals surface area (Å²) in [5.41, 5.74) is 0.259. The minimum Gasteiger partial charge on any atom is -0.480 e. The molecule has 12 heteroatoms. The monoisotopic (exact) mass is 594 g/mol. The molecule has 4 amide bonds. The first kappa shape index (κ1) is 34.4. The fourth-order valence-corrected chi connectivity index (χ4v) is 4.11. The van der Waals surface area contributed by atoms with Crippen LogP contribution in [0.25, 0.3) is 0 Å². The number of aliphatic carboxylic acids is 1. The van der Waals surface area contributed by atoms with E-state index < -0.39 is 72.5 Å². The fourth-order valence-electron chi connectivity index (χ4n) is 4.11. The Morgan fingerprint density at radius 2 is 1.47 bits per heavy atom. The van der Waals surface area contributed by atoms with E-state index in [1.54, 1.807) is 87.5 Å². The van der Waals surface area contributed by atoms with Crippen molar-refractivity contribution < 1.29 is 38.9 Å². The highest BCUT2D eigenvalue weighted by Crippen LogP contribution is 2.18. The van der Waals surface area contributed by atoms with Gasteiger partial charge in [-0.25, -0.2) is 4.79 Å².